The van der Waals surface area contributed by atoms with Gasteiger partial charge in [0, 0.05) is 0 Å². The minimum Gasteiger partial charge on any atom is -0.508 e. The number of benzene rings is 1. The van der Waals surface area contributed by atoms with Crippen LogP contribution in [0.2, 0.25) is 0 Å². The van der Waals surface area contributed by atoms with Gasteiger partial charge in [-0.2, -0.15) is 5.10 Å². The molecule has 0 heterocycles. The van der Waals surface area contributed by atoms with Gasteiger partial charge in [0.1, 0.15) is 5.75 Å². The topological polar surface area (TPSA) is 103 Å². The molecule has 0 saturated carbocycles. The van der Waals surface area contributed by atoms with Gasteiger partial charge in [0.25, 0.3) is 0 Å². The number of hydrogen-bond acceptors (Lipinski definition) is 4. The quantitative estimate of drug-likeness (QED) is 0.302. The Labute approximate surface area is 80.4 Å². The van der Waals surface area contributed by atoms with Crippen LogP contribution in [0, 0.1) is 0 Å². The first kappa shape index (κ1) is 10.0. The first-order valence-corrected chi connectivity index (χ1v) is 3.78. The van der Waals surface area contributed by atoms with Gasteiger partial charge in [-0.25, -0.2) is 5.48 Å². The zero-order valence-corrected chi connectivity index (χ0v) is 7.25. The molecule has 5 N–H and O–H groups in total. The summed E-state index contributed by atoms with van der Waals surface area (Å²) in [4.78, 5) is 0. The molecule has 0 bridgehead atoms. The third-order valence-corrected chi connectivity index (χ3v) is 1.36. The molecule has 0 saturated heterocycles. The normalized spacial score (nSPS) is 11.9. The smallest absolute Gasteiger partial charge is 0.237 e. The Morgan fingerprint density at radius 3 is 2.93 bits per heavy atom. The van der Waals surface area contributed by atoms with Gasteiger partial charge < -0.3 is 10.8 Å². The molecule has 1 rings (SSSR count). The molecule has 0 spiro atoms. The summed E-state index contributed by atoms with van der Waals surface area (Å²) in [7, 11) is 0. The summed E-state index contributed by atoms with van der Waals surface area (Å²) in [5.74, 6) is -0.0624. The van der Waals surface area contributed by atoms with Gasteiger partial charge >= 0.3 is 0 Å². The standard InChI is InChI=1S/C8H10N4O2/c9-8(12-14)11-10-5-6-2-1-3-7(13)4-6/h1-5,13-14H,(H3,9,11,12). The lowest BCUT2D eigenvalue weighted by atomic mass is 10.2. The molecule has 0 aliphatic heterocycles. The number of nitrogens with zero attached hydrogens (tertiary/aromatic N) is 2. The van der Waals surface area contributed by atoms with Gasteiger partial charge in [-0.1, -0.05) is 12.1 Å². The second-order valence-electron chi connectivity index (χ2n) is 2.44. The molecule has 0 fully saturated rings. The Morgan fingerprint density at radius 1 is 1.50 bits per heavy atom. The average molecular weight is 194 g/mol. The Bertz CT molecular complexity index is 362. The average Bonchev–Trinajstić information content (AvgIpc) is 2.17. The fraction of sp³-hybridized carbons (Fsp3) is 0. The maximum Gasteiger partial charge on any atom is 0.237 e. The summed E-state index contributed by atoms with van der Waals surface area (Å²) in [5.41, 5.74) is 7.40. The number of guanidine groups is 1. The van der Waals surface area contributed by atoms with E-state index in [2.05, 4.69) is 10.2 Å². The lowest BCUT2D eigenvalue weighted by molar-refractivity contribution is 0.232. The Balaban J connectivity index is 2.69. The summed E-state index contributed by atoms with van der Waals surface area (Å²) >= 11 is 0. The zero-order chi connectivity index (χ0) is 10.4. The molecule has 1 aromatic rings. The van der Waals surface area contributed by atoms with Gasteiger partial charge in [0.05, 0.1) is 6.21 Å². The van der Waals surface area contributed by atoms with Crippen molar-refractivity contribution in [2.45, 2.75) is 0 Å². The maximum absolute atomic E-state index is 9.09. The van der Waals surface area contributed by atoms with E-state index < -0.39 is 0 Å². The van der Waals surface area contributed by atoms with Crippen LogP contribution in [-0.4, -0.2) is 22.5 Å². The van der Waals surface area contributed by atoms with E-state index in [1.54, 1.807) is 23.7 Å². The highest BCUT2D eigenvalue weighted by molar-refractivity contribution is 5.82. The second-order valence-corrected chi connectivity index (χ2v) is 2.44. The summed E-state index contributed by atoms with van der Waals surface area (Å²) < 4.78 is 0. The minimum absolute atomic E-state index is 0.145. The van der Waals surface area contributed by atoms with Crippen LogP contribution in [0.1, 0.15) is 5.56 Å². The van der Waals surface area contributed by atoms with Crippen molar-refractivity contribution in [3.8, 4) is 5.75 Å². The third kappa shape index (κ3) is 3.11. The fourth-order valence-electron chi connectivity index (χ4n) is 0.785. The summed E-state index contributed by atoms with van der Waals surface area (Å²) in [5, 5.41) is 24.3. The first-order valence-electron chi connectivity index (χ1n) is 3.78. The second kappa shape index (κ2) is 4.83. The predicted molar refractivity (Wildman–Crippen MR) is 52.2 cm³/mol. The van der Waals surface area contributed by atoms with Crippen LogP contribution in [0.15, 0.2) is 34.5 Å². The van der Waals surface area contributed by atoms with Crippen molar-refractivity contribution in [3.05, 3.63) is 29.8 Å². The molecule has 0 aliphatic carbocycles. The molecule has 1 aromatic carbocycles. The van der Waals surface area contributed by atoms with Crippen LogP contribution in [-0.2, 0) is 0 Å². The Kier molecular flexibility index (Phi) is 3.45. The molecular weight excluding hydrogens is 184 g/mol. The SMILES string of the molecule is NC(=NN=Cc1cccc(O)c1)NO. The number of nitrogens with two attached hydrogens (primary N) is 1. The molecule has 6 heteroatoms. The van der Waals surface area contributed by atoms with E-state index in [-0.39, 0.29) is 11.7 Å². The molecule has 0 aliphatic rings. The molecule has 14 heavy (non-hydrogen) atoms. The number of hydroxylamine groups is 1. The van der Waals surface area contributed by atoms with E-state index in [0.29, 0.717) is 5.56 Å². The van der Waals surface area contributed by atoms with Gasteiger partial charge in [-0.05, 0) is 17.7 Å². The molecule has 0 radical (unpaired) electrons. The highest BCUT2D eigenvalue weighted by atomic mass is 16.5. The van der Waals surface area contributed by atoms with Crippen LogP contribution < -0.4 is 11.2 Å². The summed E-state index contributed by atoms with van der Waals surface area (Å²) in [6.45, 7) is 0. The summed E-state index contributed by atoms with van der Waals surface area (Å²) in [6.07, 6.45) is 1.39. The Hall–Kier alpha value is -2.08. The number of nitrogens with one attached hydrogen (secondary N) is 1. The van der Waals surface area contributed by atoms with Crippen molar-refractivity contribution < 1.29 is 10.3 Å². The predicted octanol–water partition coefficient (Wildman–Crippen LogP) is 0.0196. The van der Waals surface area contributed by atoms with E-state index in [0.717, 1.165) is 0 Å². The third-order valence-electron chi connectivity index (χ3n) is 1.36. The number of rotatable bonds is 2. The van der Waals surface area contributed by atoms with Crippen molar-refractivity contribution in [3.63, 3.8) is 0 Å². The van der Waals surface area contributed by atoms with Crippen LogP contribution in [0.3, 0.4) is 0 Å². The van der Waals surface area contributed by atoms with Crippen LogP contribution in [0.25, 0.3) is 0 Å². The molecule has 6 nitrogen and oxygen atoms in total. The van der Waals surface area contributed by atoms with E-state index in [1.807, 2.05) is 0 Å². The van der Waals surface area contributed by atoms with E-state index in [1.165, 1.54) is 12.3 Å². The van der Waals surface area contributed by atoms with Gasteiger partial charge in [-0.3, -0.25) is 5.21 Å². The van der Waals surface area contributed by atoms with E-state index in [9.17, 15) is 0 Å². The van der Waals surface area contributed by atoms with Crippen molar-refractivity contribution in [2.75, 3.05) is 0 Å². The lowest BCUT2D eigenvalue weighted by Crippen LogP contribution is -2.27. The van der Waals surface area contributed by atoms with Crippen molar-refractivity contribution in [1.29, 1.82) is 0 Å². The fourth-order valence-corrected chi connectivity index (χ4v) is 0.785. The van der Waals surface area contributed by atoms with Crippen LogP contribution >= 0.6 is 0 Å². The molecule has 74 valence electrons. The van der Waals surface area contributed by atoms with E-state index in [4.69, 9.17) is 16.0 Å². The van der Waals surface area contributed by atoms with Gasteiger partial charge in [0.15, 0.2) is 0 Å². The molecular formula is C8H10N4O2. The van der Waals surface area contributed by atoms with Gasteiger partial charge in [0.2, 0.25) is 5.96 Å². The highest BCUT2D eigenvalue weighted by Gasteiger charge is 1.89. The maximum atomic E-state index is 9.09. The largest absolute Gasteiger partial charge is 0.508 e. The van der Waals surface area contributed by atoms with E-state index >= 15 is 0 Å². The number of aromatic hydroxyl groups is 1. The first-order chi connectivity index (χ1) is 6.72. The van der Waals surface area contributed by atoms with Crippen LogP contribution in [0.4, 0.5) is 0 Å². The van der Waals surface area contributed by atoms with Crippen molar-refractivity contribution in [1.82, 2.24) is 5.48 Å². The lowest BCUT2D eigenvalue weighted by Gasteiger charge is -1.93. The number of phenolic OH excluding ortho intramolecular Hbond substituents is 1. The van der Waals surface area contributed by atoms with Crippen molar-refractivity contribution in [2.24, 2.45) is 15.9 Å². The molecule has 0 amide bonds. The minimum atomic E-state index is -0.207. The van der Waals surface area contributed by atoms with Crippen LogP contribution in [0.5, 0.6) is 5.75 Å². The Morgan fingerprint density at radius 2 is 2.29 bits per heavy atom. The van der Waals surface area contributed by atoms with Crippen molar-refractivity contribution >= 4 is 12.2 Å². The summed E-state index contributed by atoms with van der Waals surface area (Å²) in [6, 6.07) is 6.47. The molecule has 0 atom stereocenters. The van der Waals surface area contributed by atoms with Gasteiger partial charge in [-0.15, -0.1) is 5.10 Å². The molecule has 0 unspecified atom stereocenters. The zero-order valence-electron chi connectivity index (χ0n) is 7.25. The number of hydrogen-bond donors (Lipinski definition) is 4. The highest BCUT2D eigenvalue weighted by Crippen LogP contribution is 2.08. The molecule has 0 aromatic heterocycles. The monoisotopic (exact) mass is 194 g/mol. The number of phenols is 1.